The third-order valence-corrected chi connectivity index (χ3v) is 3.18. The van der Waals surface area contributed by atoms with E-state index < -0.39 is 6.10 Å². The lowest BCUT2D eigenvalue weighted by Crippen LogP contribution is -2.45. The van der Waals surface area contributed by atoms with Crippen molar-refractivity contribution in [2.75, 3.05) is 0 Å². The number of aliphatic hydroxyl groups excluding tert-OH is 1. The van der Waals surface area contributed by atoms with Gasteiger partial charge in [0.15, 0.2) is 0 Å². The number of hydrogen-bond acceptors (Lipinski definition) is 3. The smallest absolute Gasteiger partial charge is 0.253 e. The highest BCUT2D eigenvalue weighted by molar-refractivity contribution is 5.94. The molecule has 0 aliphatic heterocycles. The van der Waals surface area contributed by atoms with Gasteiger partial charge in [-0.05, 0) is 31.4 Å². The second kappa shape index (κ2) is 5.27. The van der Waals surface area contributed by atoms with Crippen LogP contribution in [-0.2, 0) is 0 Å². The maximum Gasteiger partial charge on any atom is 0.253 e. The van der Waals surface area contributed by atoms with Crippen molar-refractivity contribution in [2.24, 2.45) is 0 Å². The highest BCUT2D eigenvalue weighted by Gasteiger charge is 2.24. The number of carbonyl (C=O) groups is 1. The fourth-order valence-electron chi connectivity index (χ4n) is 2.21. The number of carbonyl (C=O) groups excluding carboxylic acids is 1. The third kappa shape index (κ3) is 3.03. The average Bonchev–Trinajstić information content (AvgIpc) is 2.32. The number of amides is 1. The molecular weight excluding hydrogens is 216 g/mol. The van der Waals surface area contributed by atoms with E-state index in [1.165, 1.54) is 0 Å². The van der Waals surface area contributed by atoms with Gasteiger partial charge in [-0.3, -0.25) is 9.78 Å². The Morgan fingerprint density at radius 2 is 2.18 bits per heavy atom. The lowest BCUT2D eigenvalue weighted by molar-refractivity contribution is 0.0717. The first-order valence-corrected chi connectivity index (χ1v) is 6.07. The van der Waals surface area contributed by atoms with Crippen molar-refractivity contribution in [3.63, 3.8) is 0 Å². The van der Waals surface area contributed by atoms with Gasteiger partial charge in [-0.1, -0.05) is 12.8 Å². The molecule has 2 N–H and O–H groups in total. The van der Waals surface area contributed by atoms with Crippen molar-refractivity contribution >= 4 is 5.91 Å². The zero-order valence-electron chi connectivity index (χ0n) is 10.0. The summed E-state index contributed by atoms with van der Waals surface area (Å²) in [6.45, 7) is 1.90. The predicted octanol–water partition coefficient (Wildman–Crippen LogP) is 1.42. The molecule has 1 fully saturated rings. The summed E-state index contributed by atoms with van der Waals surface area (Å²) in [6, 6.07) is 1.69. The lowest BCUT2D eigenvalue weighted by atomic mass is 9.92. The monoisotopic (exact) mass is 234 g/mol. The average molecular weight is 234 g/mol. The molecule has 0 aromatic carbocycles. The van der Waals surface area contributed by atoms with Crippen LogP contribution in [0.15, 0.2) is 18.5 Å². The fourth-order valence-corrected chi connectivity index (χ4v) is 2.21. The Kier molecular flexibility index (Phi) is 3.74. The number of nitrogens with zero attached hydrogens (tertiary/aromatic N) is 1. The SMILES string of the molecule is Cc1cncc(C(=O)NC2CCCCC2O)c1. The van der Waals surface area contributed by atoms with Crippen molar-refractivity contribution in [3.8, 4) is 0 Å². The van der Waals surface area contributed by atoms with E-state index in [4.69, 9.17) is 0 Å². The molecule has 2 unspecified atom stereocenters. The van der Waals surface area contributed by atoms with Crippen LogP contribution in [-0.4, -0.2) is 28.1 Å². The molecule has 0 bridgehead atoms. The first-order valence-electron chi connectivity index (χ1n) is 6.07. The summed E-state index contributed by atoms with van der Waals surface area (Å²) in [5.41, 5.74) is 1.52. The molecule has 1 aromatic heterocycles. The molecule has 1 heterocycles. The first kappa shape index (κ1) is 12.0. The van der Waals surface area contributed by atoms with Gasteiger partial charge in [-0.15, -0.1) is 0 Å². The standard InChI is InChI=1S/C13H18N2O2/c1-9-6-10(8-14-7-9)13(17)15-11-4-2-3-5-12(11)16/h6-8,11-12,16H,2-5H2,1H3,(H,15,17). The minimum Gasteiger partial charge on any atom is -0.391 e. The van der Waals surface area contributed by atoms with Gasteiger partial charge >= 0.3 is 0 Å². The molecule has 92 valence electrons. The van der Waals surface area contributed by atoms with E-state index in [0.29, 0.717) is 5.56 Å². The van der Waals surface area contributed by atoms with Crippen LogP contribution in [0.25, 0.3) is 0 Å². The van der Waals surface area contributed by atoms with Crippen molar-refractivity contribution in [2.45, 2.75) is 44.8 Å². The van der Waals surface area contributed by atoms with Crippen molar-refractivity contribution < 1.29 is 9.90 Å². The fraction of sp³-hybridized carbons (Fsp3) is 0.538. The molecule has 0 spiro atoms. The van der Waals surface area contributed by atoms with Crippen LogP contribution in [0.3, 0.4) is 0 Å². The third-order valence-electron chi connectivity index (χ3n) is 3.18. The quantitative estimate of drug-likeness (QED) is 0.813. The first-order chi connectivity index (χ1) is 8.16. The van der Waals surface area contributed by atoms with Crippen LogP contribution >= 0.6 is 0 Å². The summed E-state index contributed by atoms with van der Waals surface area (Å²) in [6.07, 6.45) is 6.59. The molecule has 0 saturated heterocycles. The Balaban J connectivity index is 2.01. The van der Waals surface area contributed by atoms with Crippen LogP contribution in [0.1, 0.15) is 41.6 Å². The highest BCUT2D eigenvalue weighted by atomic mass is 16.3. The van der Waals surface area contributed by atoms with E-state index in [1.807, 2.05) is 6.92 Å². The van der Waals surface area contributed by atoms with Crippen LogP contribution in [0.5, 0.6) is 0 Å². The summed E-state index contributed by atoms with van der Waals surface area (Å²) in [5, 5.41) is 12.7. The predicted molar refractivity (Wildman–Crippen MR) is 64.7 cm³/mol. The highest BCUT2D eigenvalue weighted by Crippen LogP contribution is 2.18. The van der Waals surface area contributed by atoms with E-state index >= 15 is 0 Å². The Hall–Kier alpha value is -1.42. The molecule has 2 atom stereocenters. The van der Waals surface area contributed by atoms with Crippen molar-refractivity contribution in [1.82, 2.24) is 10.3 Å². The van der Waals surface area contributed by atoms with Gasteiger partial charge in [0.1, 0.15) is 0 Å². The van der Waals surface area contributed by atoms with E-state index in [0.717, 1.165) is 31.2 Å². The van der Waals surface area contributed by atoms with Crippen LogP contribution in [0.4, 0.5) is 0 Å². The van der Waals surface area contributed by atoms with E-state index in [1.54, 1.807) is 18.5 Å². The van der Waals surface area contributed by atoms with Crippen LogP contribution in [0, 0.1) is 6.92 Å². The summed E-state index contributed by atoms with van der Waals surface area (Å²) in [7, 11) is 0. The summed E-state index contributed by atoms with van der Waals surface area (Å²) < 4.78 is 0. The summed E-state index contributed by atoms with van der Waals surface area (Å²) in [5.74, 6) is -0.146. The van der Waals surface area contributed by atoms with E-state index in [2.05, 4.69) is 10.3 Å². The molecule has 1 aliphatic rings. The van der Waals surface area contributed by atoms with Gasteiger partial charge in [-0.2, -0.15) is 0 Å². The molecule has 1 saturated carbocycles. The topological polar surface area (TPSA) is 62.2 Å². The molecular formula is C13H18N2O2. The van der Waals surface area contributed by atoms with Gasteiger partial charge in [-0.25, -0.2) is 0 Å². The number of pyridine rings is 1. The second-order valence-corrected chi connectivity index (χ2v) is 4.68. The zero-order valence-corrected chi connectivity index (χ0v) is 10.0. The number of aromatic nitrogens is 1. The van der Waals surface area contributed by atoms with Crippen LogP contribution in [0.2, 0.25) is 0 Å². The zero-order chi connectivity index (χ0) is 12.3. The molecule has 4 heteroatoms. The number of rotatable bonds is 2. The van der Waals surface area contributed by atoms with Gasteiger partial charge in [0.05, 0.1) is 17.7 Å². The van der Waals surface area contributed by atoms with Crippen molar-refractivity contribution in [3.05, 3.63) is 29.6 Å². The number of nitrogens with one attached hydrogen (secondary N) is 1. The Bertz CT molecular complexity index is 406. The molecule has 17 heavy (non-hydrogen) atoms. The maximum atomic E-state index is 11.9. The minimum atomic E-state index is -0.412. The van der Waals surface area contributed by atoms with Crippen molar-refractivity contribution in [1.29, 1.82) is 0 Å². The number of aliphatic hydroxyl groups is 1. The summed E-state index contributed by atoms with van der Waals surface area (Å²) >= 11 is 0. The Labute approximate surface area is 101 Å². The van der Waals surface area contributed by atoms with E-state index in [-0.39, 0.29) is 11.9 Å². The van der Waals surface area contributed by atoms with Gasteiger partial charge in [0.2, 0.25) is 0 Å². The number of aryl methyl sites for hydroxylation is 1. The summed E-state index contributed by atoms with van der Waals surface area (Å²) in [4.78, 5) is 15.9. The van der Waals surface area contributed by atoms with E-state index in [9.17, 15) is 9.90 Å². The van der Waals surface area contributed by atoms with Gasteiger partial charge in [0, 0.05) is 12.4 Å². The number of hydrogen-bond donors (Lipinski definition) is 2. The van der Waals surface area contributed by atoms with Gasteiger partial charge in [0.25, 0.3) is 5.91 Å². The molecule has 1 aromatic rings. The molecule has 4 nitrogen and oxygen atoms in total. The molecule has 1 aliphatic carbocycles. The maximum absolute atomic E-state index is 11.9. The Morgan fingerprint density at radius 3 is 2.88 bits per heavy atom. The second-order valence-electron chi connectivity index (χ2n) is 4.68. The molecule has 0 radical (unpaired) electrons. The normalized spacial score (nSPS) is 24.4. The largest absolute Gasteiger partial charge is 0.391 e. The minimum absolute atomic E-state index is 0.114. The lowest BCUT2D eigenvalue weighted by Gasteiger charge is -2.28. The van der Waals surface area contributed by atoms with Crippen LogP contribution < -0.4 is 5.32 Å². The Morgan fingerprint density at radius 1 is 1.41 bits per heavy atom. The van der Waals surface area contributed by atoms with Gasteiger partial charge < -0.3 is 10.4 Å². The molecule has 2 rings (SSSR count). The molecule has 1 amide bonds.